The summed E-state index contributed by atoms with van der Waals surface area (Å²) in [5, 5.41) is 1.06. The highest BCUT2D eigenvalue weighted by atomic mass is 79.9. The molecule has 1 atom stereocenters. The van der Waals surface area contributed by atoms with Gasteiger partial charge in [-0.05, 0) is 30.9 Å². The number of nitrogens with zero attached hydrogens (tertiary/aromatic N) is 1. The molecule has 0 saturated heterocycles. The summed E-state index contributed by atoms with van der Waals surface area (Å²) in [4.78, 5) is 2.42. The first-order valence-electron chi connectivity index (χ1n) is 6.63. The van der Waals surface area contributed by atoms with Crippen LogP contribution in [0.4, 0.5) is 0 Å². The zero-order valence-corrected chi connectivity index (χ0v) is 13.9. The minimum Gasteiger partial charge on any atom is -0.302 e. The molecule has 0 N–H and O–H groups in total. The number of aryl methyl sites for hydroxylation is 1. The Bertz CT molecular complexity index is 350. The molecule has 0 bridgehead atoms. The van der Waals surface area contributed by atoms with Crippen LogP contribution in [0.25, 0.3) is 0 Å². The molecule has 2 heteroatoms. The third-order valence-electron chi connectivity index (χ3n) is 3.52. The first kappa shape index (κ1) is 15.7. The topological polar surface area (TPSA) is 3.24 Å². The van der Waals surface area contributed by atoms with Gasteiger partial charge < -0.3 is 4.90 Å². The molecule has 18 heavy (non-hydrogen) atoms. The molecule has 0 aliphatic heterocycles. The van der Waals surface area contributed by atoms with Crippen molar-refractivity contribution in [3.05, 3.63) is 35.4 Å². The van der Waals surface area contributed by atoms with E-state index in [2.05, 4.69) is 79.8 Å². The summed E-state index contributed by atoms with van der Waals surface area (Å²) in [5.74, 6) is 0.674. The second-order valence-electron chi connectivity index (χ2n) is 6.40. The van der Waals surface area contributed by atoms with Gasteiger partial charge in [-0.25, -0.2) is 0 Å². The molecule has 0 aliphatic carbocycles. The maximum absolute atomic E-state index is 3.65. The van der Waals surface area contributed by atoms with Crippen LogP contribution in [0.3, 0.4) is 0 Å². The smallest absolute Gasteiger partial charge is 0.0230 e. The first-order valence-corrected chi connectivity index (χ1v) is 7.75. The fraction of sp³-hybridized carbons (Fsp3) is 0.625. The van der Waals surface area contributed by atoms with E-state index in [0.29, 0.717) is 11.3 Å². The van der Waals surface area contributed by atoms with E-state index in [1.807, 2.05) is 0 Å². The van der Waals surface area contributed by atoms with Gasteiger partial charge in [0.25, 0.3) is 0 Å². The van der Waals surface area contributed by atoms with Gasteiger partial charge in [-0.1, -0.05) is 66.5 Å². The minimum atomic E-state index is 0.352. The van der Waals surface area contributed by atoms with Gasteiger partial charge >= 0.3 is 0 Å². The third kappa shape index (κ3) is 5.11. The van der Waals surface area contributed by atoms with Crippen molar-refractivity contribution in [2.24, 2.45) is 11.3 Å². The zero-order valence-electron chi connectivity index (χ0n) is 12.3. The molecular weight excluding hydrogens is 286 g/mol. The Morgan fingerprint density at radius 2 is 1.72 bits per heavy atom. The highest BCUT2D eigenvalue weighted by Crippen LogP contribution is 2.28. The van der Waals surface area contributed by atoms with Crippen LogP contribution >= 0.6 is 15.9 Å². The lowest BCUT2D eigenvalue weighted by molar-refractivity contribution is 0.183. The molecule has 1 rings (SSSR count). The van der Waals surface area contributed by atoms with E-state index in [0.717, 1.165) is 18.4 Å². The zero-order chi connectivity index (χ0) is 13.8. The van der Waals surface area contributed by atoms with Crippen molar-refractivity contribution in [2.75, 3.05) is 18.9 Å². The third-order valence-corrected chi connectivity index (χ3v) is 4.30. The van der Waals surface area contributed by atoms with Crippen molar-refractivity contribution >= 4 is 15.9 Å². The number of rotatable bonds is 5. The van der Waals surface area contributed by atoms with E-state index in [1.54, 1.807) is 0 Å². The standard InChI is InChI=1S/C16H26BrN/c1-13-6-8-14(9-7-13)11-18(5)12-15(10-17)16(2,3)4/h6-9,15H,10-12H2,1-5H3. The van der Waals surface area contributed by atoms with Gasteiger partial charge in [0, 0.05) is 18.4 Å². The van der Waals surface area contributed by atoms with Gasteiger partial charge in [-0.3, -0.25) is 0 Å². The highest BCUT2D eigenvalue weighted by molar-refractivity contribution is 9.09. The predicted molar refractivity (Wildman–Crippen MR) is 84.3 cm³/mol. The predicted octanol–water partition coefficient (Wildman–Crippen LogP) is 4.48. The molecule has 0 aromatic heterocycles. The lowest BCUT2D eigenvalue weighted by Gasteiger charge is -2.32. The van der Waals surface area contributed by atoms with Gasteiger partial charge in [-0.2, -0.15) is 0 Å². The SMILES string of the molecule is Cc1ccc(CN(C)CC(CBr)C(C)(C)C)cc1. The minimum absolute atomic E-state index is 0.352. The molecular formula is C16H26BrN. The van der Waals surface area contributed by atoms with Crippen molar-refractivity contribution in [3.63, 3.8) is 0 Å². The Labute approximate surface area is 121 Å². The van der Waals surface area contributed by atoms with Crippen LogP contribution in [0.5, 0.6) is 0 Å². The van der Waals surface area contributed by atoms with E-state index < -0.39 is 0 Å². The van der Waals surface area contributed by atoms with Crippen molar-refractivity contribution in [1.82, 2.24) is 4.90 Å². The number of hydrogen-bond acceptors (Lipinski definition) is 1. The van der Waals surface area contributed by atoms with Crippen LogP contribution in [0.15, 0.2) is 24.3 Å². The molecule has 0 aliphatic rings. The number of hydrogen-bond donors (Lipinski definition) is 0. The average Bonchev–Trinajstić information content (AvgIpc) is 2.27. The molecule has 0 saturated carbocycles. The molecule has 1 unspecified atom stereocenters. The van der Waals surface area contributed by atoms with E-state index in [1.165, 1.54) is 11.1 Å². The maximum Gasteiger partial charge on any atom is 0.0230 e. The van der Waals surface area contributed by atoms with Crippen LogP contribution in [0.1, 0.15) is 31.9 Å². The van der Waals surface area contributed by atoms with Crippen LogP contribution < -0.4 is 0 Å². The van der Waals surface area contributed by atoms with E-state index in [-0.39, 0.29) is 0 Å². The van der Waals surface area contributed by atoms with Gasteiger partial charge in [0.2, 0.25) is 0 Å². The molecule has 1 nitrogen and oxygen atoms in total. The summed E-state index contributed by atoms with van der Waals surface area (Å²) in [7, 11) is 2.21. The normalized spacial score (nSPS) is 13.9. The molecule has 0 amide bonds. The average molecular weight is 312 g/mol. The second kappa shape index (κ2) is 6.72. The number of halogens is 1. The van der Waals surface area contributed by atoms with E-state index in [9.17, 15) is 0 Å². The summed E-state index contributed by atoms with van der Waals surface area (Å²) in [6.45, 7) is 11.2. The van der Waals surface area contributed by atoms with Gasteiger partial charge in [-0.15, -0.1) is 0 Å². The molecule has 0 heterocycles. The number of benzene rings is 1. The van der Waals surface area contributed by atoms with Gasteiger partial charge in [0.1, 0.15) is 0 Å². The summed E-state index contributed by atoms with van der Waals surface area (Å²) < 4.78 is 0. The molecule has 1 aromatic rings. The lowest BCUT2D eigenvalue weighted by atomic mass is 9.82. The van der Waals surface area contributed by atoms with Crippen LogP contribution in [0, 0.1) is 18.3 Å². The Hall–Kier alpha value is -0.340. The summed E-state index contributed by atoms with van der Waals surface area (Å²) in [5.41, 5.74) is 3.07. The Balaban J connectivity index is 2.55. The van der Waals surface area contributed by atoms with E-state index >= 15 is 0 Å². The van der Waals surface area contributed by atoms with Crippen molar-refractivity contribution in [1.29, 1.82) is 0 Å². The summed E-state index contributed by atoms with van der Waals surface area (Å²) in [6, 6.07) is 8.84. The van der Waals surface area contributed by atoms with Gasteiger partial charge in [0.15, 0.2) is 0 Å². The molecule has 0 spiro atoms. The fourth-order valence-corrected chi connectivity index (χ4v) is 3.18. The van der Waals surface area contributed by atoms with Gasteiger partial charge in [0.05, 0.1) is 0 Å². The van der Waals surface area contributed by atoms with Crippen LogP contribution in [-0.2, 0) is 6.54 Å². The summed E-state index contributed by atoms with van der Waals surface area (Å²) >= 11 is 3.65. The van der Waals surface area contributed by atoms with Crippen LogP contribution in [0.2, 0.25) is 0 Å². The maximum atomic E-state index is 3.65. The molecule has 0 fully saturated rings. The quantitative estimate of drug-likeness (QED) is 0.724. The molecule has 0 radical (unpaired) electrons. The Morgan fingerprint density at radius 3 is 2.17 bits per heavy atom. The van der Waals surface area contributed by atoms with Crippen LogP contribution in [-0.4, -0.2) is 23.8 Å². The largest absolute Gasteiger partial charge is 0.302 e. The highest BCUT2D eigenvalue weighted by Gasteiger charge is 2.24. The lowest BCUT2D eigenvalue weighted by Crippen LogP contribution is -2.34. The Kier molecular flexibility index (Phi) is 5.87. The van der Waals surface area contributed by atoms with E-state index in [4.69, 9.17) is 0 Å². The summed E-state index contributed by atoms with van der Waals surface area (Å²) in [6.07, 6.45) is 0. The van der Waals surface area contributed by atoms with Crippen molar-refractivity contribution in [3.8, 4) is 0 Å². The first-order chi connectivity index (χ1) is 8.32. The van der Waals surface area contributed by atoms with Crippen molar-refractivity contribution < 1.29 is 0 Å². The monoisotopic (exact) mass is 311 g/mol. The molecule has 1 aromatic carbocycles. The fourth-order valence-electron chi connectivity index (χ4n) is 2.00. The molecule has 102 valence electrons. The second-order valence-corrected chi connectivity index (χ2v) is 7.05. The Morgan fingerprint density at radius 1 is 1.17 bits per heavy atom. The van der Waals surface area contributed by atoms with Crippen molar-refractivity contribution in [2.45, 2.75) is 34.2 Å². The number of alkyl halides is 1.